The van der Waals surface area contributed by atoms with Crippen LogP contribution in [-0.2, 0) is 0 Å². The first-order chi connectivity index (χ1) is 18.8. The Hall–Kier alpha value is -4.32. The fraction of sp³-hybridized carbons (Fsp3) is 0. The standard InChI is InChI=1S/C31H19ClN2/c32-26-13-17-30-29(19-26)28-16-12-25(22-4-2-1-3-5-22)18-31(28)34(30)27-14-10-24(11-15-27)23-8-6-21(20-33)7-9-23/h1-19H/i1D,2D,3D,4D,5D. The molecule has 3 heteroatoms. The molecule has 1 aromatic heterocycles. The van der Waals surface area contributed by atoms with E-state index in [0.717, 1.165) is 38.6 Å². The minimum Gasteiger partial charge on any atom is -0.309 e. The van der Waals surface area contributed by atoms with Crippen LogP contribution in [-0.4, -0.2) is 4.57 Å². The van der Waals surface area contributed by atoms with Crippen LogP contribution in [0.5, 0.6) is 0 Å². The molecule has 0 N–H and O–H groups in total. The van der Waals surface area contributed by atoms with E-state index >= 15 is 0 Å². The lowest BCUT2D eigenvalue weighted by Gasteiger charge is -2.10. The maximum atomic E-state index is 9.08. The summed E-state index contributed by atoms with van der Waals surface area (Å²) in [6.07, 6.45) is 0. The molecule has 0 radical (unpaired) electrons. The second kappa shape index (κ2) is 8.23. The maximum absolute atomic E-state index is 9.08. The van der Waals surface area contributed by atoms with Gasteiger partial charge in [0, 0.05) is 21.5 Å². The van der Waals surface area contributed by atoms with E-state index in [1.165, 1.54) is 0 Å². The van der Waals surface area contributed by atoms with Gasteiger partial charge in [-0.15, -0.1) is 0 Å². The number of hydrogen-bond acceptors (Lipinski definition) is 1. The largest absolute Gasteiger partial charge is 0.309 e. The third-order valence-corrected chi connectivity index (χ3v) is 6.22. The second-order valence-electron chi connectivity index (χ2n) is 7.96. The van der Waals surface area contributed by atoms with Crippen molar-refractivity contribution in [1.29, 1.82) is 5.26 Å². The molecule has 0 amide bonds. The Labute approximate surface area is 209 Å². The van der Waals surface area contributed by atoms with Crippen LogP contribution in [0.4, 0.5) is 0 Å². The summed E-state index contributed by atoms with van der Waals surface area (Å²) in [5, 5.41) is 11.6. The lowest BCUT2D eigenvalue weighted by Crippen LogP contribution is -1.94. The van der Waals surface area contributed by atoms with Gasteiger partial charge in [-0.05, 0) is 70.8 Å². The van der Waals surface area contributed by atoms with Gasteiger partial charge < -0.3 is 4.57 Å². The molecule has 0 atom stereocenters. The van der Waals surface area contributed by atoms with E-state index in [2.05, 4.69) is 10.6 Å². The minimum absolute atomic E-state index is 0.161. The van der Waals surface area contributed by atoms with Gasteiger partial charge in [0.1, 0.15) is 0 Å². The number of nitriles is 1. The average molecular weight is 460 g/mol. The number of rotatable bonds is 3. The van der Waals surface area contributed by atoms with Crippen molar-refractivity contribution in [3.63, 3.8) is 0 Å². The van der Waals surface area contributed by atoms with E-state index in [-0.39, 0.29) is 29.7 Å². The molecule has 0 aliphatic carbocycles. The first-order valence-corrected chi connectivity index (χ1v) is 11.1. The van der Waals surface area contributed by atoms with Crippen molar-refractivity contribution in [3.05, 3.63) is 126 Å². The summed E-state index contributed by atoms with van der Waals surface area (Å²) in [5.41, 5.74) is 5.95. The molecule has 0 spiro atoms. The van der Waals surface area contributed by atoms with Crippen LogP contribution >= 0.6 is 11.6 Å². The van der Waals surface area contributed by atoms with Crippen molar-refractivity contribution in [2.45, 2.75) is 0 Å². The van der Waals surface area contributed by atoms with Gasteiger partial charge in [0.15, 0.2) is 0 Å². The van der Waals surface area contributed by atoms with Crippen molar-refractivity contribution >= 4 is 33.4 Å². The van der Waals surface area contributed by atoms with E-state index in [9.17, 15) is 0 Å². The second-order valence-corrected chi connectivity index (χ2v) is 8.40. The number of halogens is 1. The smallest absolute Gasteiger partial charge is 0.0991 e. The Bertz CT molecular complexity index is 1940. The Balaban J connectivity index is 1.57. The number of hydrogen-bond donors (Lipinski definition) is 0. The number of aromatic nitrogens is 1. The van der Waals surface area contributed by atoms with Gasteiger partial charge in [-0.2, -0.15) is 5.26 Å². The summed E-state index contributed by atoms with van der Waals surface area (Å²) in [7, 11) is 0. The first kappa shape index (κ1) is 15.5. The van der Waals surface area contributed by atoms with Crippen LogP contribution in [0, 0.1) is 11.3 Å². The Morgan fingerprint density at radius 3 is 2.03 bits per heavy atom. The molecule has 2 nitrogen and oxygen atoms in total. The van der Waals surface area contributed by atoms with Gasteiger partial charge in [-0.1, -0.05) is 78.2 Å². The van der Waals surface area contributed by atoms with Crippen LogP contribution in [0.1, 0.15) is 12.4 Å². The van der Waals surface area contributed by atoms with E-state index < -0.39 is 6.04 Å². The molecule has 0 saturated carbocycles. The molecule has 5 aromatic carbocycles. The van der Waals surface area contributed by atoms with Crippen LogP contribution < -0.4 is 0 Å². The third kappa shape index (κ3) is 3.44. The normalized spacial score (nSPS) is 13.1. The van der Waals surface area contributed by atoms with Crippen molar-refractivity contribution < 1.29 is 6.85 Å². The minimum atomic E-state index is -0.416. The lowest BCUT2D eigenvalue weighted by atomic mass is 10.0. The van der Waals surface area contributed by atoms with Crippen molar-refractivity contribution in [3.8, 4) is 34.0 Å². The van der Waals surface area contributed by atoms with E-state index in [1.54, 1.807) is 18.2 Å². The monoisotopic (exact) mass is 459 g/mol. The molecule has 160 valence electrons. The number of fused-ring (bicyclic) bond motifs is 3. The van der Waals surface area contributed by atoms with Crippen LogP contribution in [0.3, 0.4) is 0 Å². The molecule has 1 heterocycles. The zero-order valence-corrected chi connectivity index (χ0v) is 18.6. The highest BCUT2D eigenvalue weighted by atomic mass is 35.5. The zero-order valence-electron chi connectivity index (χ0n) is 22.9. The molecule has 6 aromatic rings. The highest BCUT2D eigenvalue weighted by Gasteiger charge is 2.14. The van der Waals surface area contributed by atoms with Crippen molar-refractivity contribution in [1.82, 2.24) is 4.57 Å². The van der Waals surface area contributed by atoms with Gasteiger partial charge in [0.05, 0.1) is 29.5 Å². The molecular weight excluding hydrogens is 436 g/mol. The topological polar surface area (TPSA) is 28.7 Å². The summed E-state index contributed by atoms with van der Waals surface area (Å²) in [6, 6.07) is 27.3. The van der Waals surface area contributed by atoms with E-state index in [0.29, 0.717) is 16.1 Å². The van der Waals surface area contributed by atoms with Crippen LogP contribution in [0.15, 0.2) is 115 Å². The highest BCUT2D eigenvalue weighted by Crippen LogP contribution is 2.36. The Kier molecular flexibility index (Phi) is 3.75. The molecule has 0 fully saturated rings. The molecule has 34 heavy (non-hydrogen) atoms. The Morgan fingerprint density at radius 1 is 0.647 bits per heavy atom. The zero-order chi connectivity index (χ0) is 27.4. The quantitative estimate of drug-likeness (QED) is 0.260. The lowest BCUT2D eigenvalue weighted by molar-refractivity contribution is 1.18. The van der Waals surface area contributed by atoms with Crippen molar-refractivity contribution in [2.24, 2.45) is 0 Å². The molecule has 0 unspecified atom stereocenters. The molecule has 0 aliphatic heterocycles. The third-order valence-electron chi connectivity index (χ3n) is 5.99. The molecule has 0 aliphatic rings. The summed E-state index contributed by atoms with van der Waals surface area (Å²) < 4.78 is 43.1. The summed E-state index contributed by atoms with van der Waals surface area (Å²) in [4.78, 5) is 0. The van der Waals surface area contributed by atoms with Gasteiger partial charge >= 0.3 is 0 Å². The van der Waals surface area contributed by atoms with Crippen molar-refractivity contribution in [2.75, 3.05) is 0 Å². The average Bonchev–Trinajstić information content (AvgIpc) is 3.28. The predicted octanol–water partition coefficient (Wildman–Crippen LogP) is 8.64. The number of nitrogens with zero attached hydrogens (tertiary/aromatic N) is 2. The summed E-state index contributed by atoms with van der Waals surface area (Å²) in [5.74, 6) is 0. The Morgan fingerprint density at radius 2 is 1.32 bits per heavy atom. The molecule has 0 bridgehead atoms. The summed E-state index contributed by atoms with van der Waals surface area (Å²) >= 11 is 6.36. The molecule has 6 rings (SSSR count). The molecule has 0 saturated heterocycles. The maximum Gasteiger partial charge on any atom is 0.0991 e. The van der Waals surface area contributed by atoms with Gasteiger partial charge in [-0.25, -0.2) is 0 Å². The van der Waals surface area contributed by atoms with Crippen LogP contribution in [0.25, 0.3) is 49.7 Å². The van der Waals surface area contributed by atoms with E-state index in [1.807, 2.05) is 66.7 Å². The predicted molar refractivity (Wildman–Crippen MR) is 141 cm³/mol. The summed E-state index contributed by atoms with van der Waals surface area (Å²) in [6.45, 7) is 0. The van der Waals surface area contributed by atoms with Crippen LogP contribution in [0.2, 0.25) is 5.02 Å². The first-order valence-electron chi connectivity index (χ1n) is 13.2. The van der Waals surface area contributed by atoms with Gasteiger partial charge in [-0.3, -0.25) is 0 Å². The van der Waals surface area contributed by atoms with Gasteiger partial charge in [0.25, 0.3) is 0 Å². The molecular formula is C31H19ClN2. The number of benzene rings is 5. The SMILES string of the molecule is [2H]c1c([2H])c([2H])c(-c2ccc3c4cc(Cl)ccc4n(-c4ccc(-c5ccc(C#N)cc5)cc4)c3c2)c([2H])c1[2H]. The fourth-order valence-corrected chi connectivity index (χ4v) is 4.53. The van der Waals surface area contributed by atoms with Gasteiger partial charge in [0.2, 0.25) is 0 Å². The van der Waals surface area contributed by atoms with E-state index in [4.69, 9.17) is 23.7 Å². The fourth-order valence-electron chi connectivity index (χ4n) is 4.36. The highest BCUT2D eigenvalue weighted by molar-refractivity contribution is 6.32.